The lowest BCUT2D eigenvalue weighted by Crippen LogP contribution is -2.71. The van der Waals surface area contributed by atoms with Crippen molar-refractivity contribution < 1.29 is 216 Å². The van der Waals surface area contributed by atoms with E-state index in [1.807, 2.05) is 0 Å². The summed E-state index contributed by atoms with van der Waals surface area (Å²) < 4.78 is 60.6. The summed E-state index contributed by atoms with van der Waals surface area (Å²) in [6.45, 7) is 4.25. The van der Waals surface area contributed by atoms with Crippen LogP contribution in [0.2, 0.25) is 0 Å². The van der Waals surface area contributed by atoms with Crippen LogP contribution in [0.15, 0.2) is 54.6 Å². The van der Waals surface area contributed by atoms with E-state index >= 15 is 9.59 Å². The van der Waals surface area contributed by atoms with Crippen LogP contribution in [0.25, 0.3) is 0 Å². The van der Waals surface area contributed by atoms with Gasteiger partial charge in [-0.3, -0.25) is 71.9 Å². The minimum atomic E-state index is -3.35. The smallest absolute Gasteiger partial charge is 0.364 e. The molecular weight excluding hydrogens is 1930 g/mol. The van der Waals surface area contributed by atoms with Crippen molar-refractivity contribution in [2.45, 2.75) is 339 Å². The van der Waals surface area contributed by atoms with Crippen LogP contribution in [0.1, 0.15) is 124 Å². The first kappa shape index (κ1) is 118. The maximum Gasteiger partial charge on any atom is 0.364 e. The van der Waals surface area contributed by atoms with Gasteiger partial charge in [-0.25, -0.2) is 4.79 Å². The fourth-order valence-corrected chi connectivity index (χ4v) is 17.2. The van der Waals surface area contributed by atoms with Crippen LogP contribution < -0.4 is 58.9 Å². The van der Waals surface area contributed by atoms with Crippen molar-refractivity contribution in [3.63, 3.8) is 0 Å². The molecule has 2 aromatic carbocycles. The average molecular weight is 2060 g/mol. The minimum Gasteiger partial charge on any atom is -0.508 e. The quantitative estimate of drug-likeness (QED) is 0.0292. The van der Waals surface area contributed by atoms with Crippen LogP contribution in [0.5, 0.6) is 5.75 Å². The van der Waals surface area contributed by atoms with E-state index in [4.69, 9.17) is 53.1 Å². The largest absolute Gasteiger partial charge is 0.508 e. The molecule has 0 saturated carbocycles. The molecule has 0 bridgehead atoms. The summed E-state index contributed by atoms with van der Waals surface area (Å²) in [4.78, 5) is 219. The second-order valence-electron chi connectivity index (χ2n) is 36.2. The fourth-order valence-electron chi connectivity index (χ4n) is 17.2. The molecule has 0 radical (unpaired) electrons. The predicted octanol–water partition coefficient (Wildman–Crippen LogP) is -12.5. The Bertz CT molecular complexity index is 4730. The third-order valence-electron chi connectivity index (χ3n) is 24.6. The SMILES string of the molecule is CC(=O)N[C@H]1[C@@H](O[C@H](C)[C@H](NC(=O)[C@H](CCC(=O)O)NC(=O)[C@@H]2CCCN2C(=O)[C@H](CC(C)C)NC(=O)[C@H](Cc2ccccc2)NC(=O)[C@H](CC(=O)O)NC(=O)[C@H](Cc2ccc(O)cc2)NC(C)=O)C(=O)N[C@@H](CCC(=O)O)C(N)=O)O[C@H](CO[C@@H]2O[C@H](CO)[C@@H](O[C@@H]3O[C@H](CO)[C@H](O)[C@H](O[C@]4(C(=O)O)C[C@H](O)[C@@H](NC(C)=O)[C@@H]([C@H](O)[C@H](O)CO)O4)[C@H]3O)[C@H](O[C@@H]3O[C@@H](C)[C@@H](O)[C@@H](O)[C@@H]3O)[C@H]2NC(C)=O)[C@H](O)[C@@H]1O. The van der Waals surface area contributed by atoms with E-state index in [0.29, 0.717) is 11.1 Å². The Labute approximate surface area is 821 Å². The van der Waals surface area contributed by atoms with Gasteiger partial charge in [-0.05, 0) is 75.1 Å². The first-order valence-electron chi connectivity index (χ1n) is 46.1. The number of carbonyl (C=O) groups excluding carboxylic acids is 12. The molecule has 0 spiro atoms. The molecule has 6 fully saturated rings. The van der Waals surface area contributed by atoms with Gasteiger partial charge in [-0.2, -0.15) is 0 Å². The van der Waals surface area contributed by atoms with E-state index < -0.39 is 379 Å². The Morgan fingerprint density at radius 2 is 1.04 bits per heavy atom. The zero-order valence-electron chi connectivity index (χ0n) is 79.4. The van der Waals surface area contributed by atoms with E-state index in [0.717, 1.165) is 39.5 Å². The van der Waals surface area contributed by atoms with Crippen molar-refractivity contribution in [2.75, 3.05) is 33.0 Å². The van der Waals surface area contributed by atoms with E-state index in [-0.39, 0.29) is 44.4 Å². The lowest BCUT2D eigenvalue weighted by molar-refractivity contribution is -0.392. The predicted molar refractivity (Wildman–Crippen MR) is 476 cm³/mol. The van der Waals surface area contributed by atoms with E-state index in [1.165, 1.54) is 31.2 Å². The molecule has 6 aliphatic rings. The average Bonchev–Trinajstić information content (AvgIpc) is 0.906. The highest BCUT2D eigenvalue weighted by molar-refractivity contribution is 5.99. The summed E-state index contributed by atoms with van der Waals surface area (Å²) in [5, 5.41) is 221. The number of carbonyl (C=O) groups is 16. The number of aliphatic hydroxyl groups is 13. The molecule has 56 heteroatoms. The lowest BCUT2D eigenvalue weighted by Gasteiger charge is -2.52. The zero-order valence-corrected chi connectivity index (χ0v) is 79.4. The maximum absolute atomic E-state index is 15.2. The summed E-state index contributed by atoms with van der Waals surface area (Å²) in [7, 11) is 0. The summed E-state index contributed by atoms with van der Waals surface area (Å²) in [5.41, 5.74) is 6.48. The Hall–Kier alpha value is -11.2. The topological polar surface area (TPSA) is 879 Å². The van der Waals surface area contributed by atoms with Gasteiger partial charge < -0.3 is 203 Å². The second-order valence-corrected chi connectivity index (χ2v) is 36.2. The number of phenols is 1. The van der Waals surface area contributed by atoms with Gasteiger partial charge in [0.05, 0.1) is 57.2 Å². The van der Waals surface area contributed by atoms with E-state index in [9.17, 15) is 159 Å². The Morgan fingerprint density at radius 3 is 1.60 bits per heavy atom. The fraction of sp³-hybridized carbons (Fsp3) is 0.682. The van der Waals surface area contributed by atoms with Gasteiger partial charge >= 0.3 is 23.9 Å². The van der Waals surface area contributed by atoms with Crippen LogP contribution in [0.3, 0.4) is 0 Å². The molecule has 56 nitrogen and oxygen atoms in total. The van der Waals surface area contributed by atoms with Crippen molar-refractivity contribution in [1.82, 2.24) is 58.1 Å². The Morgan fingerprint density at radius 1 is 0.514 bits per heavy atom. The van der Waals surface area contributed by atoms with Gasteiger partial charge in [0.1, 0.15) is 164 Å². The molecule has 0 aliphatic carbocycles. The minimum absolute atomic E-state index is 0.0605. The van der Waals surface area contributed by atoms with Crippen LogP contribution in [0.4, 0.5) is 0 Å². The highest BCUT2D eigenvalue weighted by atomic mass is 16.8. The van der Waals surface area contributed by atoms with Crippen molar-refractivity contribution in [2.24, 2.45) is 11.7 Å². The van der Waals surface area contributed by atoms with Gasteiger partial charge in [0.25, 0.3) is 5.79 Å². The van der Waals surface area contributed by atoms with Crippen molar-refractivity contribution in [3.05, 3.63) is 65.7 Å². The molecule has 2 aromatic rings. The van der Waals surface area contributed by atoms with Crippen LogP contribution in [0, 0.1) is 5.92 Å². The summed E-state index contributed by atoms with van der Waals surface area (Å²) in [6, 6.07) is -6.71. The molecule has 35 atom stereocenters. The number of nitrogens with two attached hydrogens (primary N) is 1. The number of aliphatic carboxylic acids is 4. The number of nitrogens with one attached hydrogen (secondary N) is 10. The Kier molecular flexibility index (Phi) is 44.1. The molecule has 12 amide bonds. The zero-order chi connectivity index (χ0) is 107. The number of aliphatic hydroxyl groups excluding tert-OH is 13. The first-order valence-corrected chi connectivity index (χ1v) is 46.1. The van der Waals surface area contributed by atoms with Crippen molar-refractivity contribution in [3.8, 4) is 5.75 Å². The van der Waals surface area contributed by atoms with Gasteiger partial charge in [-0.15, -0.1) is 0 Å². The number of ether oxygens (including phenoxy) is 10. The number of primary amides is 1. The number of hydrogen-bond acceptors (Lipinski definition) is 40. The lowest BCUT2D eigenvalue weighted by atomic mass is 9.88. The van der Waals surface area contributed by atoms with Gasteiger partial charge in [0, 0.05) is 66.3 Å². The summed E-state index contributed by atoms with van der Waals surface area (Å²) in [6.07, 6.45) is -56.5. The van der Waals surface area contributed by atoms with Crippen LogP contribution in [-0.4, -0.2) is 438 Å². The number of carboxylic acid groups (broad SMARTS) is 4. The summed E-state index contributed by atoms with van der Waals surface area (Å²) >= 11 is 0. The number of amides is 12. The molecule has 0 aromatic heterocycles. The van der Waals surface area contributed by atoms with Crippen LogP contribution in [-0.2, 0) is 137 Å². The van der Waals surface area contributed by atoms with Gasteiger partial charge in [-0.1, -0.05) is 56.3 Å². The number of aromatic hydroxyl groups is 1. The molecular formula is C88H130N12O44. The van der Waals surface area contributed by atoms with Crippen molar-refractivity contribution >= 4 is 94.8 Å². The third kappa shape index (κ3) is 31.9. The molecule has 30 N–H and O–H groups in total. The number of hydrogen-bond donors (Lipinski definition) is 29. The third-order valence-corrected chi connectivity index (χ3v) is 24.6. The van der Waals surface area contributed by atoms with Crippen LogP contribution >= 0.6 is 0 Å². The molecule has 0 unspecified atom stereocenters. The van der Waals surface area contributed by atoms with Gasteiger partial charge in [0.2, 0.25) is 70.9 Å². The molecule has 144 heavy (non-hydrogen) atoms. The number of carboxylic acids is 4. The molecule has 6 aliphatic heterocycles. The molecule has 806 valence electrons. The normalized spacial score (nSPS) is 30.6. The summed E-state index contributed by atoms with van der Waals surface area (Å²) in [5.74, 6) is -24.0. The number of benzene rings is 2. The molecule has 6 saturated heterocycles. The monoisotopic (exact) mass is 2060 g/mol. The second kappa shape index (κ2) is 53.8. The van der Waals surface area contributed by atoms with Crippen molar-refractivity contribution in [1.29, 1.82) is 0 Å². The molecule has 6 heterocycles. The van der Waals surface area contributed by atoms with E-state index in [2.05, 4.69) is 53.2 Å². The standard InChI is InChI=1S/C88H130N12O44/c1-34(2)25-49(98-78(128)47(26-41-13-10-9-11-14-41)96-79(129)48(28-58(115)116)97-77(127)46(90-37(5)104)27-42-16-18-43(108)19-17-42)82(132)100-24-12-15-50(100)80(130)95-45(21-23-57(113)114)76(126)99-59(81(131)94-44(75(89)125)20-22-56(111)112)35(3)136-84-61(92-39(7)106)67(121)65(119)55(140-84)33-135-83-62(93-40(8)107)73(142-85-69(123)68(122)63(117)36(4)137-85)71(54(32-103)139-83)141-86-70(124)74(66(120)53(31-102)138-86)144-88(87(133)134)29-51(109)60(91-38(6)105)72(143-88)64(118)52(110)30-101/h9-11,13-14,16-19,34-36,44-55,59-74,83-86,101-103,108-110,117-124H,12,15,20-33H2,1-8H3,(H2,89,125)(H,90,104)(H,91,105)(H,92,106)(H,93,107)(H,94,131)(H,95,130)(H,96,129)(H,97,127)(H,98,128)(H,99,126)(H,111,112)(H,113,114)(H,115,116)(H,133,134)/t35-,36+,44+,45+,46+,47+,48+,49+,50+,51+,52-,53-,54-,55-,59+,60-,61-,62-,63-,64-,65+,66+,67-,68-,69+,70-,71-,72+,73-,74+,83-,84+,85+,86+,88+/m1/s1. The molecule has 8 rings (SSSR count). The number of rotatable bonds is 50. The number of phenolic OH excluding ortho intramolecular Hbond substituents is 1. The van der Waals surface area contributed by atoms with E-state index in [1.54, 1.807) is 44.2 Å². The Balaban J connectivity index is 1.08. The maximum atomic E-state index is 15.2. The highest BCUT2D eigenvalue weighted by Crippen LogP contribution is 2.41. The highest BCUT2D eigenvalue weighted by Gasteiger charge is 2.62. The number of likely N-dealkylation sites (tertiary alicyclic amines) is 1. The number of nitrogens with zero attached hydrogens (tertiary/aromatic N) is 1. The van der Waals surface area contributed by atoms with Gasteiger partial charge in [0.15, 0.2) is 25.2 Å². The first-order chi connectivity index (χ1) is 67.7.